The fourth-order valence-corrected chi connectivity index (χ4v) is 5.99. The van der Waals surface area contributed by atoms with Gasteiger partial charge < -0.3 is 14.6 Å². The van der Waals surface area contributed by atoms with E-state index in [1.807, 2.05) is 78.9 Å². The van der Waals surface area contributed by atoms with Gasteiger partial charge in [-0.3, -0.25) is 14.7 Å². The summed E-state index contributed by atoms with van der Waals surface area (Å²) >= 11 is 0. The van der Waals surface area contributed by atoms with E-state index in [2.05, 4.69) is 4.99 Å². The van der Waals surface area contributed by atoms with E-state index in [9.17, 15) is 9.90 Å². The van der Waals surface area contributed by atoms with Gasteiger partial charge in [-0.15, -0.1) is 0 Å². The molecule has 0 radical (unpaired) electrons. The van der Waals surface area contributed by atoms with Gasteiger partial charge in [-0.05, 0) is 84.7 Å². The zero-order valence-electron chi connectivity index (χ0n) is 24.2. The monoisotopic (exact) mass is 562 g/mol. The maximum Gasteiger partial charge on any atom is 0.232 e. The van der Waals surface area contributed by atoms with Gasteiger partial charge in [0.1, 0.15) is 23.8 Å². The molecule has 1 unspecified atom stereocenters. The summed E-state index contributed by atoms with van der Waals surface area (Å²) in [5.41, 5.74) is 6.47. The van der Waals surface area contributed by atoms with Gasteiger partial charge in [0.2, 0.25) is 5.91 Å². The van der Waals surface area contributed by atoms with E-state index in [1.165, 1.54) is 12.0 Å². The van der Waals surface area contributed by atoms with Crippen molar-refractivity contribution in [2.45, 2.75) is 57.6 Å². The molecule has 3 aliphatic rings. The van der Waals surface area contributed by atoms with Gasteiger partial charge in [0.15, 0.2) is 6.23 Å². The van der Waals surface area contributed by atoms with Crippen LogP contribution in [-0.4, -0.2) is 30.9 Å². The van der Waals surface area contributed by atoms with Gasteiger partial charge in [-0.1, -0.05) is 67.8 Å². The van der Waals surface area contributed by atoms with Gasteiger partial charge in [-0.2, -0.15) is 0 Å². The van der Waals surface area contributed by atoms with E-state index >= 15 is 0 Å². The first-order chi connectivity index (χ1) is 20.6. The van der Waals surface area contributed by atoms with Crippen molar-refractivity contribution >= 4 is 29.6 Å². The largest absolute Gasteiger partial charge is 0.497 e. The Labute approximate surface area is 248 Å². The summed E-state index contributed by atoms with van der Waals surface area (Å²) in [6, 6.07) is 21.6. The van der Waals surface area contributed by atoms with Crippen LogP contribution in [0.5, 0.6) is 5.75 Å². The summed E-state index contributed by atoms with van der Waals surface area (Å²) in [7, 11) is 1.71. The maximum absolute atomic E-state index is 14.0. The SMILES string of the molecule is COC(/C=C/c1cccc(N(C(=O)C2CCCCC2)C(O)c2ccc(-c3ccc4c(c3)OCC=N4)cc2)c1)=C1CCC1. The molecule has 6 nitrogen and oxygen atoms in total. The third kappa shape index (κ3) is 6.04. The molecule has 1 atom stereocenters. The summed E-state index contributed by atoms with van der Waals surface area (Å²) in [4.78, 5) is 20.0. The molecule has 3 aromatic rings. The highest BCUT2D eigenvalue weighted by Crippen LogP contribution is 2.36. The second kappa shape index (κ2) is 12.8. The van der Waals surface area contributed by atoms with Crippen molar-refractivity contribution in [1.82, 2.24) is 0 Å². The third-order valence-electron chi connectivity index (χ3n) is 8.58. The molecule has 6 rings (SSSR count). The predicted octanol–water partition coefficient (Wildman–Crippen LogP) is 8.15. The van der Waals surface area contributed by atoms with Crippen molar-refractivity contribution in [2.24, 2.45) is 10.9 Å². The number of hydrogen-bond acceptors (Lipinski definition) is 5. The quantitative estimate of drug-likeness (QED) is 0.222. The molecular formula is C36H38N2O4. The summed E-state index contributed by atoms with van der Waals surface area (Å²) in [5.74, 6) is 1.57. The number of anilines is 1. The topological polar surface area (TPSA) is 71.4 Å². The standard InChI is InChI=1S/C36H38N2O4/c1-41-33(27-10-6-11-27)20-13-25-7-5-12-31(23-25)38(35(39)28-8-3-2-4-9-28)36(40)29-16-14-26(15-17-29)30-18-19-32-34(24-30)42-22-21-37-32/h5,7,12-21,23-24,28,36,40H,2-4,6,8-11,22H2,1H3/b20-13+. The van der Waals surface area contributed by atoms with Crippen molar-refractivity contribution in [2.75, 3.05) is 18.6 Å². The van der Waals surface area contributed by atoms with Crippen molar-refractivity contribution < 1.29 is 19.4 Å². The fourth-order valence-electron chi connectivity index (χ4n) is 5.99. The first kappa shape index (κ1) is 28.0. The molecule has 216 valence electrons. The number of hydrogen-bond donors (Lipinski definition) is 1. The molecule has 3 aromatic carbocycles. The van der Waals surface area contributed by atoms with Crippen LogP contribution in [0.1, 0.15) is 68.7 Å². The van der Waals surface area contributed by atoms with Crippen LogP contribution in [0.3, 0.4) is 0 Å². The third-order valence-corrected chi connectivity index (χ3v) is 8.58. The van der Waals surface area contributed by atoms with Crippen LogP contribution in [0.25, 0.3) is 17.2 Å². The summed E-state index contributed by atoms with van der Waals surface area (Å²) in [5, 5.41) is 11.7. The fraction of sp³-hybridized carbons (Fsp3) is 0.333. The average Bonchev–Trinajstić information content (AvgIpc) is 3.02. The molecule has 42 heavy (non-hydrogen) atoms. The Kier molecular flexibility index (Phi) is 8.52. The number of carbonyl (C=O) groups excluding carboxylic acids is 1. The van der Waals surface area contributed by atoms with E-state index in [4.69, 9.17) is 9.47 Å². The maximum atomic E-state index is 14.0. The number of aliphatic hydroxyl groups excluding tert-OH is 1. The van der Waals surface area contributed by atoms with Crippen LogP contribution in [0.15, 0.2) is 89.1 Å². The normalized spacial score (nSPS) is 17.2. The number of amides is 1. The second-order valence-corrected chi connectivity index (χ2v) is 11.3. The Bertz CT molecular complexity index is 1510. The van der Waals surface area contributed by atoms with E-state index in [-0.39, 0.29) is 11.8 Å². The molecule has 6 heteroatoms. The van der Waals surface area contributed by atoms with Gasteiger partial charge in [0, 0.05) is 23.4 Å². The predicted molar refractivity (Wildman–Crippen MR) is 168 cm³/mol. The van der Waals surface area contributed by atoms with Crippen molar-refractivity contribution in [3.63, 3.8) is 0 Å². The number of benzene rings is 3. The molecule has 2 saturated carbocycles. The van der Waals surface area contributed by atoms with Gasteiger partial charge in [0.05, 0.1) is 7.11 Å². The zero-order valence-corrected chi connectivity index (χ0v) is 24.2. The lowest BCUT2D eigenvalue weighted by Gasteiger charge is -2.33. The van der Waals surface area contributed by atoms with E-state index < -0.39 is 6.23 Å². The summed E-state index contributed by atoms with van der Waals surface area (Å²) in [6.07, 6.45) is 13.0. The van der Waals surface area contributed by atoms with Crippen molar-refractivity contribution in [3.05, 3.63) is 95.3 Å². The van der Waals surface area contributed by atoms with Gasteiger partial charge >= 0.3 is 0 Å². The first-order valence-electron chi connectivity index (χ1n) is 15.1. The minimum atomic E-state index is -1.11. The second-order valence-electron chi connectivity index (χ2n) is 11.3. The zero-order chi connectivity index (χ0) is 28.9. The molecule has 0 saturated heterocycles. The van der Waals surface area contributed by atoms with Gasteiger partial charge in [0.25, 0.3) is 0 Å². The summed E-state index contributed by atoms with van der Waals surface area (Å²) in [6.45, 7) is 0.467. The molecule has 0 aromatic heterocycles. The number of fused-ring (bicyclic) bond motifs is 1. The first-order valence-corrected chi connectivity index (χ1v) is 15.1. The number of rotatable bonds is 8. The molecular weight excluding hydrogens is 524 g/mol. The molecule has 1 N–H and O–H groups in total. The molecule has 2 aliphatic carbocycles. The highest BCUT2D eigenvalue weighted by molar-refractivity contribution is 5.96. The number of methoxy groups -OCH3 is 1. The van der Waals surface area contributed by atoms with E-state index in [0.717, 1.165) is 78.8 Å². The number of allylic oxidation sites excluding steroid dienone is 2. The van der Waals surface area contributed by atoms with Crippen LogP contribution in [0, 0.1) is 5.92 Å². The number of aliphatic hydroxyl groups is 1. The lowest BCUT2D eigenvalue weighted by atomic mass is 9.88. The average molecular weight is 563 g/mol. The molecule has 0 spiro atoms. The Hall–Kier alpha value is -4.16. The lowest BCUT2D eigenvalue weighted by molar-refractivity contribution is -0.125. The number of carbonyl (C=O) groups is 1. The minimum Gasteiger partial charge on any atom is -0.497 e. The van der Waals surface area contributed by atoms with Crippen LogP contribution in [-0.2, 0) is 9.53 Å². The minimum absolute atomic E-state index is 0.0195. The van der Waals surface area contributed by atoms with E-state index in [0.29, 0.717) is 17.9 Å². The van der Waals surface area contributed by atoms with E-state index in [1.54, 1.807) is 18.2 Å². The van der Waals surface area contributed by atoms with Gasteiger partial charge in [-0.25, -0.2) is 0 Å². The molecule has 2 fully saturated rings. The van der Waals surface area contributed by atoms with Crippen molar-refractivity contribution in [1.29, 1.82) is 0 Å². The Morgan fingerprint density at radius 2 is 1.79 bits per heavy atom. The number of ether oxygens (including phenoxy) is 2. The molecule has 1 heterocycles. The highest BCUT2D eigenvalue weighted by Gasteiger charge is 2.32. The number of nitrogens with zero attached hydrogens (tertiary/aromatic N) is 2. The lowest BCUT2D eigenvalue weighted by Crippen LogP contribution is -2.40. The van der Waals surface area contributed by atoms with Crippen LogP contribution in [0.2, 0.25) is 0 Å². The number of aliphatic imine (C=N–C) groups is 1. The van der Waals surface area contributed by atoms with Crippen molar-refractivity contribution in [3.8, 4) is 16.9 Å². The van der Waals surface area contributed by atoms with Crippen LogP contribution in [0.4, 0.5) is 11.4 Å². The molecule has 1 aliphatic heterocycles. The van der Waals surface area contributed by atoms with Crippen LogP contribution < -0.4 is 9.64 Å². The highest BCUT2D eigenvalue weighted by atomic mass is 16.5. The Morgan fingerprint density at radius 3 is 2.52 bits per heavy atom. The Balaban J connectivity index is 1.28. The van der Waals surface area contributed by atoms with Crippen LogP contribution >= 0.6 is 0 Å². The molecule has 1 amide bonds. The molecule has 0 bridgehead atoms. The smallest absolute Gasteiger partial charge is 0.232 e. The Morgan fingerprint density at radius 1 is 1.00 bits per heavy atom. The summed E-state index contributed by atoms with van der Waals surface area (Å²) < 4.78 is 11.3.